The minimum absolute atomic E-state index is 0.0801. The predicted octanol–water partition coefficient (Wildman–Crippen LogP) is 5.18. The molecule has 0 aliphatic heterocycles. The molecule has 3 aromatic rings. The fourth-order valence-corrected chi connectivity index (χ4v) is 3.28. The topological polar surface area (TPSA) is 38.3 Å². The highest BCUT2D eigenvalue weighted by atomic mass is 16.5. The van der Waals surface area contributed by atoms with Gasteiger partial charge in [0.2, 0.25) is 5.91 Å². The minimum Gasteiger partial charge on any atom is -0.494 e. The van der Waals surface area contributed by atoms with Crippen molar-refractivity contribution in [2.45, 2.75) is 25.2 Å². The van der Waals surface area contributed by atoms with Crippen molar-refractivity contribution in [3.05, 3.63) is 102 Å². The van der Waals surface area contributed by atoms with Crippen molar-refractivity contribution in [3.63, 3.8) is 0 Å². The second kappa shape index (κ2) is 10.9. The fourth-order valence-electron chi connectivity index (χ4n) is 3.28. The lowest BCUT2D eigenvalue weighted by Crippen LogP contribution is -2.26. The van der Waals surface area contributed by atoms with Crippen LogP contribution in [0.25, 0.3) is 0 Å². The van der Waals surface area contributed by atoms with Crippen LogP contribution in [0.1, 0.15) is 36.3 Å². The Bertz CT molecular complexity index is 779. The first-order valence-corrected chi connectivity index (χ1v) is 9.87. The Morgan fingerprint density at radius 2 is 1.32 bits per heavy atom. The molecule has 144 valence electrons. The zero-order valence-electron chi connectivity index (χ0n) is 16.1. The lowest BCUT2D eigenvalue weighted by atomic mass is 9.88. The SMILES string of the molecule is O=C(CCCOc1ccccc1)NCCC(c1ccccc1)c1ccccc1. The Morgan fingerprint density at radius 3 is 1.89 bits per heavy atom. The molecule has 3 rings (SSSR count). The van der Waals surface area contributed by atoms with Crippen molar-refractivity contribution < 1.29 is 9.53 Å². The van der Waals surface area contributed by atoms with Crippen LogP contribution in [-0.4, -0.2) is 19.1 Å². The molecule has 0 radical (unpaired) electrons. The Kier molecular flexibility index (Phi) is 7.68. The summed E-state index contributed by atoms with van der Waals surface area (Å²) >= 11 is 0. The summed E-state index contributed by atoms with van der Waals surface area (Å²) in [7, 11) is 0. The fraction of sp³-hybridized carbons (Fsp3) is 0.240. The van der Waals surface area contributed by atoms with Gasteiger partial charge in [0, 0.05) is 18.9 Å². The summed E-state index contributed by atoms with van der Waals surface area (Å²) in [6.07, 6.45) is 2.07. The Hall–Kier alpha value is -3.07. The molecule has 3 heteroatoms. The average Bonchev–Trinajstić information content (AvgIpc) is 2.76. The molecular formula is C25H27NO2. The van der Waals surface area contributed by atoms with E-state index in [1.54, 1.807) is 0 Å². The van der Waals surface area contributed by atoms with Crippen LogP contribution in [0.4, 0.5) is 0 Å². The van der Waals surface area contributed by atoms with E-state index < -0.39 is 0 Å². The first kappa shape index (κ1) is 19.7. The predicted molar refractivity (Wildman–Crippen MR) is 114 cm³/mol. The van der Waals surface area contributed by atoms with Crippen LogP contribution in [0.5, 0.6) is 5.75 Å². The molecule has 0 aromatic heterocycles. The lowest BCUT2D eigenvalue weighted by molar-refractivity contribution is -0.121. The Balaban J connectivity index is 1.43. The van der Waals surface area contributed by atoms with Gasteiger partial charge in [-0.2, -0.15) is 0 Å². The van der Waals surface area contributed by atoms with Gasteiger partial charge in [0.05, 0.1) is 6.61 Å². The number of nitrogens with one attached hydrogen (secondary N) is 1. The number of hydrogen-bond donors (Lipinski definition) is 1. The molecule has 0 unspecified atom stereocenters. The maximum absolute atomic E-state index is 12.1. The third kappa shape index (κ3) is 6.27. The number of carbonyl (C=O) groups excluding carboxylic acids is 1. The van der Waals surface area contributed by atoms with Crippen molar-refractivity contribution in [1.29, 1.82) is 0 Å². The van der Waals surface area contributed by atoms with Crippen molar-refractivity contribution in [2.24, 2.45) is 0 Å². The van der Waals surface area contributed by atoms with Gasteiger partial charge in [-0.25, -0.2) is 0 Å². The summed E-state index contributed by atoms with van der Waals surface area (Å²) in [5.74, 6) is 1.21. The van der Waals surface area contributed by atoms with Crippen LogP contribution in [-0.2, 0) is 4.79 Å². The molecule has 0 bridgehead atoms. The lowest BCUT2D eigenvalue weighted by Gasteiger charge is -2.18. The van der Waals surface area contributed by atoms with Gasteiger partial charge in [0.15, 0.2) is 0 Å². The van der Waals surface area contributed by atoms with Crippen LogP contribution in [0.15, 0.2) is 91.0 Å². The van der Waals surface area contributed by atoms with E-state index in [4.69, 9.17) is 4.74 Å². The van der Waals surface area contributed by atoms with Crippen molar-refractivity contribution in [3.8, 4) is 5.75 Å². The van der Waals surface area contributed by atoms with Crippen molar-refractivity contribution >= 4 is 5.91 Å². The van der Waals surface area contributed by atoms with E-state index in [1.165, 1.54) is 11.1 Å². The quantitative estimate of drug-likeness (QED) is 0.497. The number of rotatable bonds is 10. The van der Waals surface area contributed by atoms with Gasteiger partial charge < -0.3 is 10.1 Å². The van der Waals surface area contributed by atoms with Crippen LogP contribution in [0.2, 0.25) is 0 Å². The zero-order valence-corrected chi connectivity index (χ0v) is 16.1. The number of hydrogen-bond acceptors (Lipinski definition) is 2. The zero-order chi connectivity index (χ0) is 19.4. The molecule has 0 atom stereocenters. The summed E-state index contributed by atoms with van der Waals surface area (Å²) in [6.45, 7) is 1.21. The molecule has 0 saturated carbocycles. The molecule has 3 aromatic carbocycles. The van der Waals surface area contributed by atoms with Crippen molar-refractivity contribution in [2.75, 3.05) is 13.2 Å². The van der Waals surface area contributed by atoms with Gasteiger partial charge in [-0.3, -0.25) is 4.79 Å². The summed E-state index contributed by atoms with van der Waals surface area (Å²) in [4.78, 5) is 12.1. The molecule has 0 aliphatic carbocycles. The van der Waals surface area contributed by atoms with Crippen LogP contribution in [0.3, 0.4) is 0 Å². The van der Waals surface area contributed by atoms with Gasteiger partial charge in [-0.15, -0.1) is 0 Å². The molecule has 0 spiro atoms. The first-order chi connectivity index (χ1) is 13.8. The maximum Gasteiger partial charge on any atom is 0.220 e. The minimum atomic E-state index is 0.0801. The number of amides is 1. The Morgan fingerprint density at radius 1 is 0.786 bits per heavy atom. The highest BCUT2D eigenvalue weighted by Crippen LogP contribution is 2.27. The molecule has 28 heavy (non-hydrogen) atoms. The van der Waals surface area contributed by atoms with E-state index >= 15 is 0 Å². The highest BCUT2D eigenvalue weighted by Gasteiger charge is 2.14. The highest BCUT2D eigenvalue weighted by molar-refractivity contribution is 5.75. The maximum atomic E-state index is 12.1. The number of ether oxygens (including phenoxy) is 1. The van der Waals surface area contributed by atoms with Gasteiger partial charge in [-0.1, -0.05) is 78.9 Å². The molecule has 1 amide bonds. The summed E-state index contributed by atoms with van der Waals surface area (Å²) in [5.41, 5.74) is 2.55. The molecule has 1 N–H and O–H groups in total. The third-order valence-corrected chi connectivity index (χ3v) is 4.72. The summed E-state index contributed by atoms with van der Waals surface area (Å²) in [5, 5.41) is 3.06. The average molecular weight is 373 g/mol. The van der Waals surface area contributed by atoms with Crippen LogP contribution < -0.4 is 10.1 Å². The van der Waals surface area contributed by atoms with E-state index in [0.717, 1.165) is 12.2 Å². The van der Waals surface area contributed by atoms with Crippen LogP contribution >= 0.6 is 0 Å². The Labute approximate surface area is 167 Å². The van der Waals surface area contributed by atoms with Gasteiger partial charge in [0.25, 0.3) is 0 Å². The standard InChI is InChI=1S/C25H27NO2/c27-25(17-10-20-28-23-15-8-3-9-16-23)26-19-18-24(21-11-4-1-5-12-21)22-13-6-2-7-14-22/h1-9,11-16,24H,10,17-20H2,(H,26,27). The first-order valence-electron chi connectivity index (χ1n) is 9.87. The van der Waals surface area contributed by atoms with E-state index in [1.807, 2.05) is 42.5 Å². The molecule has 0 heterocycles. The monoisotopic (exact) mass is 373 g/mol. The number of carbonyl (C=O) groups is 1. The number of para-hydroxylation sites is 1. The van der Waals surface area contributed by atoms with E-state index in [9.17, 15) is 4.79 Å². The normalized spacial score (nSPS) is 10.6. The van der Waals surface area contributed by atoms with Crippen molar-refractivity contribution in [1.82, 2.24) is 5.32 Å². The van der Waals surface area contributed by atoms with E-state index in [-0.39, 0.29) is 11.8 Å². The molecule has 0 saturated heterocycles. The third-order valence-electron chi connectivity index (χ3n) is 4.72. The smallest absolute Gasteiger partial charge is 0.220 e. The molecule has 0 aliphatic rings. The van der Waals surface area contributed by atoms with Crippen LogP contribution in [0, 0.1) is 0 Å². The molecule has 0 fully saturated rings. The summed E-state index contributed by atoms with van der Waals surface area (Å²) in [6, 6.07) is 30.6. The van der Waals surface area contributed by atoms with E-state index in [0.29, 0.717) is 26.0 Å². The molecule has 3 nitrogen and oxygen atoms in total. The van der Waals surface area contributed by atoms with E-state index in [2.05, 4.69) is 53.8 Å². The largest absolute Gasteiger partial charge is 0.494 e. The summed E-state index contributed by atoms with van der Waals surface area (Å²) < 4.78 is 5.63. The van der Waals surface area contributed by atoms with Gasteiger partial charge in [-0.05, 0) is 36.1 Å². The second-order valence-electron chi connectivity index (χ2n) is 6.78. The van der Waals surface area contributed by atoms with Gasteiger partial charge >= 0.3 is 0 Å². The molecular weight excluding hydrogens is 346 g/mol. The van der Waals surface area contributed by atoms with Gasteiger partial charge in [0.1, 0.15) is 5.75 Å². The second-order valence-corrected chi connectivity index (χ2v) is 6.78. The number of benzene rings is 3.